The molecule has 1 aliphatic heterocycles. The second-order valence-corrected chi connectivity index (χ2v) is 5.77. The highest BCUT2D eigenvalue weighted by Crippen LogP contribution is 2.28. The zero-order valence-corrected chi connectivity index (χ0v) is 14.3. The van der Waals surface area contributed by atoms with Crippen LogP contribution < -0.4 is 15.0 Å². The van der Waals surface area contributed by atoms with E-state index >= 15 is 0 Å². The number of aromatic nitrogens is 1. The number of alkyl halides is 3. The van der Waals surface area contributed by atoms with Crippen LogP contribution >= 0.6 is 0 Å². The second-order valence-electron chi connectivity index (χ2n) is 5.77. The topological polar surface area (TPSA) is 89.9 Å². The van der Waals surface area contributed by atoms with E-state index in [1.807, 2.05) is 0 Å². The minimum atomic E-state index is -4.74. The summed E-state index contributed by atoms with van der Waals surface area (Å²) in [6.45, 7) is 0. The molecule has 0 bridgehead atoms. The van der Waals surface area contributed by atoms with Crippen LogP contribution in [0.2, 0.25) is 0 Å². The standard InChI is InChI=1S/C18H15F3N2O5/c19-18(20,21)27-13-5-1-11(2-6-13)15-9-16(23-28-15)26-14-7-3-12(22-10-14)4-8-17(24)25/h1-3,5-7,9-10,15,23H,4,8H2,(H,24,25)/t15-/m0/s1. The van der Waals surface area contributed by atoms with Crippen LogP contribution in [0.15, 0.2) is 54.6 Å². The van der Waals surface area contributed by atoms with Crippen molar-refractivity contribution in [3.63, 3.8) is 0 Å². The van der Waals surface area contributed by atoms with E-state index in [-0.39, 0.29) is 12.2 Å². The maximum absolute atomic E-state index is 12.2. The largest absolute Gasteiger partial charge is 0.573 e. The lowest BCUT2D eigenvalue weighted by molar-refractivity contribution is -0.274. The number of hydrogen-bond acceptors (Lipinski definition) is 6. The van der Waals surface area contributed by atoms with Gasteiger partial charge in [-0.2, -0.15) is 0 Å². The number of pyridine rings is 1. The molecule has 1 aromatic heterocycles. The number of rotatable bonds is 7. The maximum Gasteiger partial charge on any atom is 0.573 e. The van der Waals surface area contributed by atoms with Gasteiger partial charge in [-0.05, 0) is 29.8 Å². The van der Waals surface area contributed by atoms with Crippen LogP contribution in [0.25, 0.3) is 0 Å². The van der Waals surface area contributed by atoms with E-state index in [2.05, 4.69) is 15.2 Å². The second kappa shape index (κ2) is 8.17. The number of carboxylic acid groups (broad SMARTS) is 1. The van der Waals surface area contributed by atoms with E-state index in [4.69, 9.17) is 14.7 Å². The third-order valence-electron chi connectivity index (χ3n) is 3.65. The number of nitrogens with zero attached hydrogens (tertiary/aromatic N) is 1. The average molecular weight is 396 g/mol. The molecule has 2 heterocycles. The van der Waals surface area contributed by atoms with Crippen LogP contribution in [-0.2, 0) is 16.1 Å². The van der Waals surface area contributed by atoms with Crippen LogP contribution in [0, 0.1) is 0 Å². The Morgan fingerprint density at radius 3 is 2.50 bits per heavy atom. The third-order valence-corrected chi connectivity index (χ3v) is 3.65. The molecule has 148 valence electrons. The number of carbonyl (C=O) groups is 1. The molecule has 0 amide bonds. The van der Waals surface area contributed by atoms with Gasteiger partial charge in [-0.3, -0.25) is 14.6 Å². The van der Waals surface area contributed by atoms with Gasteiger partial charge in [0, 0.05) is 18.2 Å². The van der Waals surface area contributed by atoms with Gasteiger partial charge in [0.25, 0.3) is 0 Å². The van der Waals surface area contributed by atoms with Crippen LogP contribution in [0.4, 0.5) is 13.2 Å². The van der Waals surface area contributed by atoms with Gasteiger partial charge in [0.15, 0.2) is 0 Å². The number of hydroxylamine groups is 1. The minimum Gasteiger partial charge on any atom is -0.481 e. The molecule has 1 aromatic carbocycles. The van der Waals surface area contributed by atoms with E-state index in [0.717, 1.165) is 0 Å². The fraction of sp³-hybridized carbons (Fsp3) is 0.222. The van der Waals surface area contributed by atoms with Crippen LogP contribution in [0.1, 0.15) is 23.8 Å². The Morgan fingerprint density at radius 2 is 1.89 bits per heavy atom. The maximum atomic E-state index is 12.2. The SMILES string of the molecule is O=C(O)CCc1ccc(OC2=C[C@@H](c3ccc(OC(F)(F)F)cc3)ON2)cn1. The molecule has 28 heavy (non-hydrogen) atoms. The monoisotopic (exact) mass is 396 g/mol. The number of ether oxygens (including phenoxy) is 2. The lowest BCUT2D eigenvalue weighted by Gasteiger charge is -2.11. The molecule has 0 fully saturated rings. The molecule has 2 aromatic rings. The zero-order chi connectivity index (χ0) is 20.1. The number of aryl methyl sites for hydroxylation is 1. The van der Waals surface area contributed by atoms with Crippen molar-refractivity contribution in [3.05, 3.63) is 65.8 Å². The Bertz CT molecular complexity index is 851. The highest BCUT2D eigenvalue weighted by atomic mass is 19.4. The predicted molar refractivity (Wildman–Crippen MR) is 89.0 cm³/mol. The molecule has 0 aliphatic carbocycles. The van der Waals surface area contributed by atoms with Crippen molar-refractivity contribution >= 4 is 5.97 Å². The van der Waals surface area contributed by atoms with Crippen molar-refractivity contribution < 1.29 is 37.4 Å². The summed E-state index contributed by atoms with van der Waals surface area (Å²) in [6.07, 6.45) is -1.94. The number of halogens is 3. The molecular weight excluding hydrogens is 381 g/mol. The number of benzene rings is 1. The van der Waals surface area contributed by atoms with E-state index in [9.17, 15) is 18.0 Å². The summed E-state index contributed by atoms with van der Waals surface area (Å²) in [4.78, 5) is 20.0. The van der Waals surface area contributed by atoms with Gasteiger partial charge < -0.3 is 14.6 Å². The summed E-state index contributed by atoms with van der Waals surface area (Å²) < 4.78 is 46.0. The third kappa shape index (κ3) is 5.61. The lowest BCUT2D eigenvalue weighted by atomic mass is 10.1. The van der Waals surface area contributed by atoms with Gasteiger partial charge in [0.1, 0.15) is 17.6 Å². The summed E-state index contributed by atoms with van der Waals surface area (Å²) in [5.74, 6) is -0.517. The summed E-state index contributed by atoms with van der Waals surface area (Å²) in [5, 5.41) is 8.66. The normalized spacial score (nSPS) is 16.2. The van der Waals surface area contributed by atoms with Gasteiger partial charge in [-0.15, -0.1) is 13.2 Å². The minimum absolute atomic E-state index is 0.0117. The summed E-state index contributed by atoms with van der Waals surface area (Å²) in [6, 6.07) is 8.59. The van der Waals surface area contributed by atoms with Crippen molar-refractivity contribution in [1.29, 1.82) is 0 Å². The average Bonchev–Trinajstić information content (AvgIpc) is 3.09. The van der Waals surface area contributed by atoms with Crippen LogP contribution in [0.5, 0.6) is 11.5 Å². The first kappa shape index (κ1) is 19.5. The van der Waals surface area contributed by atoms with Gasteiger partial charge >= 0.3 is 12.3 Å². The fourth-order valence-electron chi connectivity index (χ4n) is 2.39. The number of carboxylic acids is 1. The van der Waals surface area contributed by atoms with E-state index in [1.54, 1.807) is 18.2 Å². The van der Waals surface area contributed by atoms with Gasteiger partial charge in [0.2, 0.25) is 5.88 Å². The first-order valence-corrected chi connectivity index (χ1v) is 8.12. The van der Waals surface area contributed by atoms with Crippen molar-refractivity contribution in [2.24, 2.45) is 0 Å². The molecule has 7 nitrogen and oxygen atoms in total. The Balaban J connectivity index is 1.58. The van der Waals surface area contributed by atoms with E-state index in [0.29, 0.717) is 29.3 Å². The van der Waals surface area contributed by atoms with E-state index < -0.39 is 18.4 Å². The first-order chi connectivity index (χ1) is 13.3. The number of hydrogen-bond donors (Lipinski definition) is 2. The first-order valence-electron chi connectivity index (χ1n) is 8.12. The molecule has 3 rings (SSSR count). The summed E-state index contributed by atoms with van der Waals surface area (Å²) in [7, 11) is 0. The van der Waals surface area contributed by atoms with Crippen molar-refractivity contribution in [3.8, 4) is 11.5 Å². The van der Waals surface area contributed by atoms with Crippen LogP contribution in [-0.4, -0.2) is 22.4 Å². The quantitative estimate of drug-likeness (QED) is 0.740. The van der Waals surface area contributed by atoms with Crippen molar-refractivity contribution in [1.82, 2.24) is 10.5 Å². The van der Waals surface area contributed by atoms with Crippen molar-refractivity contribution in [2.45, 2.75) is 25.3 Å². The molecule has 0 saturated heterocycles. The van der Waals surface area contributed by atoms with Crippen LogP contribution in [0.3, 0.4) is 0 Å². The predicted octanol–water partition coefficient (Wildman–Crippen LogP) is 3.49. The Labute approximate surface area is 157 Å². The Morgan fingerprint density at radius 1 is 1.18 bits per heavy atom. The number of nitrogens with one attached hydrogen (secondary N) is 1. The van der Waals surface area contributed by atoms with Gasteiger partial charge in [-0.25, -0.2) is 5.48 Å². The molecule has 10 heteroatoms. The molecule has 0 spiro atoms. The molecule has 1 atom stereocenters. The molecule has 0 saturated carbocycles. The summed E-state index contributed by atoms with van der Waals surface area (Å²) >= 11 is 0. The molecule has 0 unspecified atom stereocenters. The van der Waals surface area contributed by atoms with Gasteiger partial charge in [0.05, 0.1) is 12.6 Å². The van der Waals surface area contributed by atoms with E-state index in [1.165, 1.54) is 30.5 Å². The lowest BCUT2D eigenvalue weighted by Crippen LogP contribution is -2.17. The zero-order valence-electron chi connectivity index (χ0n) is 14.3. The Kier molecular flexibility index (Phi) is 5.69. The number of aliphatic carboxylic acids is 1. The highest BCUT2D eigenvalue weighted by molar-refractivity contribution is 5.66. The molecule has 1 aliphatic rings. The molecule has 0 radical (unpaired) electrons. The Hall–Kier alpha value is -3.27. The summed E-state index contributed by atoms with van der Waals surface area (Å²) in [5.41, 5.74) is 3.81. The molecule has 2 N–H and O–H groups in total. The van der Waals surface area contributed by atoms with Gasteiger partial charge in [-0.1, -0.05) is 12.1 Å². The smallest absolute Gasteiger partial charge is 0.481 e. The van der Waals surface area contributed by atoms with Crippen molar-refractivity contribution in [2.75, 3.05) is 0 Å². The fourth-order valence-corrected chi connectivity index (χ4v) is 2.39. The highest BCUT2D eigenvalue weighted by Gasteiger charge is 2.31. The molecular formula is C18H15F3N2O5.